The maximum absolute atomic E-state index is 13.0. The largest absolute Gasteiger partial charge is 0.293 e. The van der Waals surface area contributed by atoms with E-state index in [9.17, 15) is 23.3 Å². The normalized spacial score (nSPS) is 11.0. The molecule has 2 rings (SSSR count). The predicted molar refractivity (Wildman–Crippen MR) is 99.1 cm³/mol. The molecule has 132 valence electrons. The van der Waals surface area contributed by atoms with Gasteiger partial charge in [-0.25, -0.2) is 14.3 Å². The molecule has 0 heterocycles. The zero-order chi connectivity index (χ0) is 18.6. The Labute approximate surface area is 157 Å². The average Bonchev–Trinajstić information content (AvgIpc) is 2.60. The van der Waals surface area contributed by atoms with Crippen LogP contribution in [-0.2, 0) is 14.8 Å². The summed E-state index contributed by atoms with van der Waals surface area (Å²) < 4.78 is 27.6. The van der Waals surface area contributed by atoms with Gasteiger partial charge in [0.15, 0.2) is 4.90 Å². The van der Waals surface area contributed by atoms with E-state index in [4.69, 9.17) is 5.84 Å². The van der Waals surface area contributed by atoms with Gasteiger partial charge in [-0.3, -0.25) is 24.6 Å². The van der Waals surface area contributed by atoms with Crippen molar-refractivity contribution >= 4 is 49.9 Å². The minimum Gasteiger partial charge on any atom is -0.293 e. The first-order chi connectivity index (χ1) is 11.8. The highest BCUT2D eigenvalue weighted by atomic mass is 127. The molecule has 1 amide bonds. The van der Waals surface area contributed by atoms with E-state index in [2.05, 4.69) is 0 Å². The van der Waals surface area contributed by atoms with Gasteiger partial charge in [0, 0.05) is 9.64 Å². The first-order valence-corrected chi connectivity index (χ1v) is 9.30. The number of hydrogen-bond donors (Lipinski definition) is 2. The number of carbonyl (C=O) groups is 1. The number of para-hydroxylation sites is 1. The summed E-state index contributed by atoms with van der Waals surface area (Å²) in [5.41, 5.74) is 1.46. The predicted octanol–water partition coefficient (Wildman–Crippen LogP) is 1.38. The van der Waals surface area contributed by atoms with Crippen LogP contribution < -0.4 is 15.6 Å². The van der Waals surface area contributed by atoms with Crippen LogP contribution in [0, 0.1) is 13.7 Å². The zero-order valence-electron chi connectivity index (χ0n) is 12.6. The molecule has 25 heavy (non-hydrogen) atoms. The third-order valence-electron chi connectivity index (χ3n) is 3.19. The highest BCUT2D eigenvalue weighted by Crippen LogP contribution is 2.29. The van der Waals surface area contributed by atoms with E-state index in [1.54, 1.807) is 12.1 Å². The maximum atomic E-state index is 13.0. The van der Waals surface area contributed by atoms with Crippen molar-refractivity contribution in [3.05, 3.63) is 62.2 Å². The Balaban J connectivity index is 2.61. The van der Waals surface area contributed by atoms with E-state index >= 15 is 0 Å². The Bertz CT molecular complexity index is 902. The highest BCUT2D eigenvalue weighted by Gasteiger charge is 2.32. The summed E-state index contributed by atoms with van der Waals surface area (Å²) in [6, 6.07) is 11.2. The monoisotopic (exact) mass is 476 g/mol. The van der Waals surface area contributed by atoms with Crippen LogP contribution in [0.3, 0.4) is 0 Å². The molecule has 0 unspecified atom stereocenters. The number of hydrazine groups is 1. The summed E-state index contributed by atoms with van der Waals surface area (Å²) in [5.74, 6) is 4.29. The lowest BCUT2D eigenvalue weighted by molar-refractivity contribution is -0.387. The van der Waals surface area contributed by atoms with Crippen LogP contribution in [0.1, 0.15) is 0 Å². The van der Waals surface area contributed by atoms with Gasteiger partial charge in [0.05, 0.1) is 10.6 Å². The van der Waals surface area contributed by atoms with Crippen LogP contribution in [0.5, 0.6) is 0 Å². The molecule has 0 aliphatic heterocycles. The number of nitrogens with one attached hydrogen (secondary N) is 1. The number of benzene rings is 2. The average molecular weight is 476 g/mol. The number of hydrogen-bond acceptors (Lipinski definition) is 6. The molecule has 0 spiro atoms. The second-order valence-corrected chi connectivity index (χ2v) is 7.86. The molecule has 2 aromatic carbocycles. The van der Waals surface area contributed by atoms with Crippen molar-refractivity contribution in [3.63, 3.8) is 0 Å². The molecule has 0 saturated carbocycles. The smallest absolute Gasteiger partial charge is 0.289 e. The molecule has 0 saturated heterocycles. The Morgan fingerprint density at radius 3 is 2.36 bits per heavy atom. The quantitative estimate of drug-likeness (QED) is 0.213. The van der Waals surface area contributed by atoms with E-state index in [1.165, 1.54) is 24.3 Å². The number of nitro benzene ring substituents is 1. The zero-order valence-corrected chi connectivity index (χ0v) is 15.6. The lowest BCUT2D eigenvalue weighted by atomic mass is 10.3. The number of nitrogens with two attached hydrogens (primary N) is 1. The van der Waals surface area contributed by atoms with Crippen LogP contribution in [0.4, 0.5) is 11.4 Å². The fourth-order valence-electron chi connectivity index (χ4n) is 2.04. The third-order valence-corrected chi connectivity index (χ3v) is 5.73. The number of rotatable bonds is 6. The number of amides is 1. The lowest BCUT2D eigenvalue weighted by Gasteiger charge is -2.23. The molecule has 9 nitrogen and oxygen atoms in total. The summed E-state index contributed by atoms with van der Waals surface area (Å²) >= 11 is 2.04. The van der Waals surface area contributed by atoms with Crippen molar-refractivity contribution in [2.75, 3.05) is 10.8 Å². The van der Waals surface area contributed by atoms with E-state index in [0.29, 0.717) is 0 Å². The van der Waals surface area contributed by atoms with E-state index < -0.39 is 38.0 Å². The number of sulfonamides is 1. The summed E-state index contributed by atoms with van der Waals surface area (Å²) in [7, 11) is -4.37. The summed E-state index contributed by atoms with van der Waals surface area (Å²) in [4.78, 5) is 21.6. The van der Waals surface area contributed by atoms with Crippen molar-refractivity contribution in [1.82, 2.24) is 5.43 Å². The van der Waals surface area contributed by atoms with Crippen molar-refractivity contribution in [3.8, 4) is 0 Å². The van der Waals surface area contributed by atoms with Gasteiger partial charge in [-0.15, -0.1) is 0 Å². The third kappa shape index (κ3) is 4.24. The number of nitrogens with zero attached hydrogens (tertiary/aromatic N) is 2. The van der Waals surface area contributed by atoms with Crippen LogP contribution in [-0.4, -0.2) is 25.8 Å². The Hall–Kier alpha value is -2.25. The first-order valence-electron chi connectivity index (χ1n) is 6.78. The second-order valence-electron chi connectivity index (χ2n) is 4.78. The van der Waals surface area contributed by atoms with E-state index in [0.717, 1.165) is 20.0 Å². The molecule has 0 aromatic heterocycles. The van der Waals surface area contributed by atoms with E-state index in [1.807, 2.05) is 28.0 Å². The highest BCUT2D eigenvalue weighted by molar-refractivity contribution is 14.1. The van der Waals surface area contributed by atoms with Crippen LogP contribution in [0.2, 0.25) is 0 Å². The minimum absolute atomic E-state index is 0.183. The molecular weight excluding hydrogens is 463 g/mol. The molecule has 3 N–H and O–H groups in total. The van der Waals surface area contributed by atoms with Crippen LogP contribution in [0.25, 0.3) is 0 Å². The molecule has 2 aromatic rings. The molecule has 11 heteroatoms. The van der Waals surface area contributed by atoms with Gasteiger partial charge in [0.1, 0.15) is 6.54 Å². The molecule has 0 radical (unpaired) electrons. The maximum Gasteiger partial charge on any atom is 0.289 e. The standard InChI is InChI=1S/C14H13IN4O5S/c15-10-5-7-11(8-6-10)18(9-14(20)17-16)25(23,24)13-4-2-1-3-12(13)19(21)22/h1-8H,9,16H2,(H,17,20). The molecule has 0 bridgehead atoms. The summed E-state index contributed by atoms with van der Waals surface area (Å²) in [6.07, 6.45) is 0. The van der Waals surface area contributed by atoms with Gasteiger partial charge < -0.3 is 0 Å². The van der Waals surface area contributed by atoms with Gasteiger partial charge in [0.2, 0.25) is 0 Å². The molecule has 0 fully saturated rings. The van der Waals surface area contributed by atoms with E-state index in [-0.39, 0.29) is 5.69 Å². The molecule has 0 aliphatic rings. The fraction of sp³-hybridized carbons (Fsp3) is 0.0714. The van der Waals surface area contributed by atoms with Crippen molar-refractivity contribution in [2.24, 2.45) is 5.84 Å². The van der Waals surface area contributed by atoms with Crippen LogP contribution in [0.15, 0.2) is 53.4 Å². The number of anilines is 1. The topological polar surface area (TPSA) is 136 Å². The van der Waals surface area contributed by atoms with Crippen molar-refractivity contribution < 1.29 is 18.1 Å². The summed E-state index contributed by atoms with van der Waals surface area (Å²) in [6.45, 7) is -0.620. The second kappa shape index (κ2) is 7.76. The van der Waals surface area contributed by atoms with Crippen molar-refractivity contribution in [1.29, 1.82) is 0 Å². The lowest BCUT2D eigenvalue weighted by Crippen LogP contribution is -2.43. The van der Waals surface area contributed by atoms with Gasteiger partial charge in [-0.05, 0) is 52.9 Å². The minimum atomic E-state index is -4.37. The molecule has 0 atom stereocenters. The Kier molecular flexibility index (Phi) is 5.92. The number of carbonyl (C=O) groups excluding carboxylic acids is 1. The Morgan fingerprint density at radius 1 is 1.20 bits per heavy atom. The number of nitro groups is 1. The van der Waals surface area contributed by atoms with Gasteiger partial charge >= 0.3 is 0 Å². The number of halogens is 1. The molecular formula is C14H13IN4O5S. The summed E-state index contributed by atoms with van der Waals surface area (Å²) in [5, 5.41) is 11.2. The fourth-order valence-corrected chi connectivity index (χ4v) is 3.98. The SMILES string of the molecule is NNC(=O)CN(c1ccc(I)cc1)S(=O)(=O)c1ccccc1[N+](=O)[O-]. The Morgan fingerprint density at radius 2 is 1.80 bits per heavy atom. The first kappa shape index (κ1) is 19.1. The van der Waals surface area contributed by atoms with Crippen molar-refractivity contribution in [2.45, 2.75) is 4.90 Å². The van der Waals surface area contributed by atoms with Crippen LogP contribution >= 0.6 is 22.6 Å². The van der Waals surface area contributed by atoms with Gasteiger partial charge in [-0.2, -0.15) is 0 Å². The molecule has 0 aliphatic carbocycles. The van der Waals surface area contributed by atoms with Gasteiger partial charge in [0.25, 0.3) is 21.6 Å². The van der Waals surface area contributed by atoms with Gasteiger partial charge in [-0.1, -0.05) is 12.1 Å².